The van der Waals surface area contributed by atoms with Crippen molar-refractivity contribution in [3.05, 3.63) is 24.3 Å². The third-order valence-electron chi connectivity index (χ3n) is 2.80. The highest BCUT2D eigenvalue weighted by atomic mass is 16.3. The van der Waals surface area contributed by atoms with Gasteiger partial charge in [0, 0.05) is 6.54 Å². The van der Waals surface area contributed by atoms with Crippen molar-refractivity contribution in [3.8, 4) is 5.75 Å². The second-order valence-corrected chi connectivity index (χ2v) is 3.95. The Labute approximate surface area is 83.4 Å². The van der Waals surface area contributed by atoms with Gasteiger partial charge in [0.05, 0.1) is 11.3 Å². The lowest BCUT2D eigenvalue weighted by Gasteiger charge is -2.36. The fourth-order valence-electron chi connectivity index (χ4n) is 1.64. The SMILES string of the molecule is Oc1ccccc1NCC1(O)CCC1. The third kappa shape index (κ3) is 1.82. The van der Waals surface area contributed by atoms with Gasteiger partial charge < -0.3 is 15.5 Å². The van der Waals surface area contributed by atoms with Gasteiger partial charge in [-0.3, -0.25) is 0 Å². The second kappa shape index (κ2) is 3.50. The molecule has 3 heteroatoms. The maximum absolute atomic E-state index is 9.82. The van der Waals surface area contributed by atoms with E-state index < -0.39 is 5.60 Å². The van der Waals surface area contributed by atoms with E-state index in [0.717, 1.165) is 19.3 Å². The molecule has 0 atom stereocenters. The monoisotopic (exact) mass is 193 g/mol. The van der Waals surface area contributed by atoms with Gasteiger partial charge in [0.25, 0.3) is 0 Å². The Morgan fingerprint density at radius 2 is 2.00 bits per heavy atom. The summed E-state index contributed by atoms with van der Waals surface area (Å²) in [4.78, 5) is 0. The van der Waals surface area contributed by atoms with Crippen LogP contribution in [-0.2, 0) is 0 Å². The van der Waals surface area contributed by atoms with E-state index in [1.807, 2.05) is 6.07 Å². The highest BCUT2D eigenvalue weighted by molar-refractivity contribution is 5.55. The van der Waals surface area contributed by atoms with Crippen LogP contribution in [0.1, 0.15) is 19.3 Å². The number of aliphatic hydroxyl groups is 1. The molecule has 0 saturated heterocycles. The number of anilines is 1. The standard InChI is InChI=1S/C11H15NO2/c13-10-5-2-1-4-9(10)12-8-11(14)6-3-7-11/h1-2,4-5,12-14H,3,6-8H2. The van der Waals surface area contributed by atoms with Gasteiger partial charge in [0.1, 0.15) is 5.75 Å². The summed E-state index contributed by atoms with van der Waals surface area (Å²) < 4.78 is 0. The van der Waals surface area contributed by atoms with Crippen LogP contribution in [0.3, 0.4) is 0 Å². The topological polar surface area (TPSA) is 52.5 Å². The predicted octanol–water partition coefficient (Wildman–Crippen LogP) is 1.72. The van der Waals surface area contributed by atoms with E-state index in [2.05, 4.69) is 5.32 Å². The summed E-state index contributed by atoms with van der Waals surface area (Å²) >= 11 is 0. The van der Waals surface area contributed by atoms with Crippen LogP contribution in [0, 0.1) is 0 Å². The van der Waals surface area contributed by atoms with E-state index in [0.29, 0.717) is 12.2 Å². The molecule has 3 N–H and O–H groups in total. The molecule has 1 aliphatic rings. The van der Waals surface area contributed by atoms with Crippen LogP contribution in [0.4, 0.5) is 5.69 Å². The van der Waals surface area contributed by atoms with E-state index in [-0.39, 0.29) is 5.75 Å². The first-order valence-electron chi connectivity index (χ1n) is 4.94. The van der Waals surface area contributed by atoms with E-state index in [1.165, 1.54) is 0 Å². The summed E-state index contributed by atoms with van der Waals surface area (Å²) in [5.74, 6) is 0.232. The van der Waals surface area contributed by atoms with Gasteiger partial charge in [-0.1, -0.05) is 12.1 Å². The van der Waals surface area contributed by atoms with Crippen molar-refractivity contribution in [1.82, 2.24) is 0 Å². The van der Waals surface area contributed by atoms with Gasteiger partial charge in [0.15, 0.2) is 0 Å². The Bertz CT molecular complexity index is 321. The molecule has 1 aromatic rings. The molecule has 1 saturated carbocycles. The molecule has 14 heavy (non-hydrogen) atoms. The van der Waals surface area contributed by atoms with Crippen molar-refractivity contribution in [1.29, 1.82) is 0 Å². The fraction of sp³-hybridized carbons (Fsp3) is 0.455. The van der Waals surface area contributed by atoms with Crippen molar-refractivity contribution in [2.45, 2.75) is 24.9 Å². The molecule has 2 rings (SSSR count). The number of hydrogen-bond donors (Lipinski definition) is 3. The van der Waals surface area contributed by atoms with Crippen molar-refractivity contribution < 1.29 is 10.2 Å². The highest BCUT2D eigenvalue weighted by Crippen LogP contribution is 2.32. The van der Waals surface area contributed by atoms with Gasteiger partial charge in [-0.2, -0.15) is 0 Å². The Kier molecular flexibility index (Phi) is 2.33. The van der Waals surface area contributed by atoms with Crippen LogP contribution in [0.2, 0.25) is 0 Å². The Morgan fingerprint density at radius 1 is 1.29 bits per heavy atom. The summed E-state index contributed by atoms with van der Waals surface area (Å²) in [6.07, 6.45) is 2.81. The van der Waals surface area contributed by atoms with E-state index in [9.17, 15) is 10.2 Å². The highest BCUT2D eigenvalue weighted by Gasteiger charge is 2.33. The zero-order valence-electron chi connectivity index (χ0n) is 8.03. The molecule has 0 amide bonds. The molecule has 1 fully saturated rings. The zero-order valence-corrected chi connectivity index (χ0v) is 8.03. The molecule has 0 aliphatic heterocycles. The lowest BCUT2D eigenvalue weighted by molar-refractivity contribution is -0.0202. The van der Waals surface area contributed by atoms with Gasteiger partial charge in [0.2, 0.25) is 0 Å². The van der Waals surface area contributed by atoms with Crippen molar-refractivity contribution >= 4 is 5.69 Å². The van der Waals surface area contributed by atoms with Crippen LogP contribution in [0.15, 0.2) is 24.3 Å². The fourth-order valence-corrected chi connectivity index (χ4v) is 1.64. The maximum Gasteiger partial charge on any atom is 0.138 e. The summed E-state index contributed by atoms with van der Waals surface area (Å²) in [6.45, 7) is 0.518. The normalized spacial score (nSPS) is 18.6. The molecule has 0 heterocycles. The largest absolute Gasteiger partial charge is 0.506 e. The summed E-state index contributed by atoms with van der Waals surface area (Å²) in [5, 5.41) is 22.3. The molecule has 0 unspecified atom stereocenters. The van der Waals surface area contributed by atoms with E-state index in [4.69, 9.17) is 0 Å². The number of nitrogens with one attached hydrogen (secondary N) is 1. The summed E-state index contributed by atoms with van der Waals surface area (Å²) in [6, 6.07) is 7.07. The number of rotatable bonds is 3. The number of phenolic OH excluding ortho intramolecular Hbond substituents is 1. The molecule has 1 aliphatic carbocycles. The van der Waals surface area contributed by atoms with Crippen molar-refractivity contribution in [3.63, 3.8) is 0 Å². The lowest BCUT2D eigenvalue weighted by atomic mass is 9.80. The number of aromatic hydroxyl groups is 1. The smallest absolute Gasteiger partial charge is 0.138 e. The number of hydrogen-bond acceptors (Lipinski definition) is 3. The molecular formula is C11H15NO2. The molecule has 1 aromatic carbocycles. The van der Waals surface area contributed by atoms with Crippen molar-refractivity contribution in [2.24, 2.45) is 0 Å². The molecule has 0 spiro atoms. The van der Waals surface area contributed by atoms with Crippen LogP contribution in [0.25, 0.3) is 0 Å². The van der Waals surface area contributed by atoms with Gasteiger partial charge >= 0.3 is 0 Å². The van der Waals surface area contributed by atoms with Crippen LogP contribution < -0.4 is 5.32 Å². The minimum Gasteiger partial charge on any atom is -0.506 e. The van der Waals surface area contributed by atoms with Crippen molar-refractivity contribution in [2.75, 3.05) is 11.9 Å². The first-order valence-corrected chi connectivity index (χ1v) is 4.94. The first-order chi connectivity index (χ1) is 6.70. The molecule has 0 aromatic heterocycles. The Morgan fingerprint density at radius 3 is 2.57 bits per heavy atom. The van der Waals surface area contributed by atoms with Gasteiger partial charge in [-0.15, -0.1) is 0 Å². The average molecular weight is 193 g/mol. The predicted molar refractivity (Wildman–Crippen MR) is 55.4 cm³/mol. The van der Waals surface area contributed by atoms with E-state index in [1.54, 1.807) is 18.2 Å². The summed E-state index contributed by atoms with van der Waals surface area (Å²) in [7, 11) is 0. The number of para-hydroxylation sites is 2. The molecule has 0 radical (unpaired) electrons. The zero-order chi connectivity index (χ0) is 10.0. The first kappa shape index (κ1) is 9.34. The Balaban J connectivity index is 1.95. The molecule has 0 bridgehead atoms. The van der Waals surface area contributed by atoms with Crippen LogP contribution in [0.5, 0.6) is 5.75 Å². The van der Waals surface area contributed by atoms with Gasteiger partial charge in [-0.25, -0.2) is 0 Å². The number of phenols is 1. The minimum atomic E-state index is -0.553. The minimum absolute atomic E-state index is 0.232. The second-order valence-electron chi connectivity index (χ2n) is 3.95. The third-order valence-corrected chi connectivity index (χ3v) is 2.80. The summed E-state index contributed by atoms with van der Waals surface area (Å²) in [5.41, 5.74) is 0.135. The van der Waals surface area contributed by atoms with Crippen LogP contribution in [-0.4, -0.2) is 22.4 Å². The van der Waals surface area contributed by atoms with Gasteiger partial charge in [-0.05, 0) is 31.4 Å². The average Bonchev–Trinajstić information content (AvgIpc) is 2.14. The maximum atomic E-state index is 9.82. The molecular weight excluding hydrogens is 178 g/mol. The molecule has 3 nitrogen and oxygen atoms in total. The van der Waals surface area contributed by atoms with Crippen LogP contribution >= 0.6 is 0 Å². The Hall–Kier alpha value is -1.22. The quantitative estimate of drug-likeness (QED) is 0.641. The molecule has 76 valence electrons. The number of benzene rings is 1. The lowest BCUT2D eigenvalue weighted by Crippen LogP contribution is -2.43. The van der Waals surface area contributed by atoms with E-state index >= 15 is 0 Å².